The third-order valence-corrected chi connectivity index (χ3v) is 4.10. The first-order chi connectivity index (χ1) is 7.17. The molecule has 2 N–H and O–H groups in total. The highest BCUT2D eigenvalue weighted by atomic mass is 32.2. The molecule has 0 spiro atoms. The van der Waals surface area contributed by atoms with Gasteiger partial charge < -0.3 is 10.6 Å². The zero-order valence-corrected chi connectivity index (χ0v) is 10.6. The molecule has 0 aromatic carbocycles. The fraction of sp³-hybridized carbons (Fsp3) is 0.909. The molecule has 1 amide bonds. The molecular formula is C11H22N2OS. The molecule has 0 saturated carbocycles. The van der Waals surface area contributed by atoms with E-state index in [0.717, 1.165) is 25.3 Å². The highest BCUT2D eigenvalue weighted by molar-refractivity contribution is 7.99. The lowest BCUT2D eigenvalue weighted by Crippen LogP contribution is -2.42. The first-order valence-corrected chi connectivity index (χ1v) is 6.81. The molecule has 1 aliphatic rings. The Hall–Kier alpha value is -0.220. The van der Waals surface area contributed by atoms with Crippen LogP contribution in [0, 0.1) is 5.92 Å². The summed E-state index contributed by atoms with van der Waals surface area (Å²) < 4.78 is 0. The molecule has 4 heteroatoms. The van der Waals surface area contributed by atoms with Crippen molar-refractivity contribution >= 4 is 17.7 Å². The molecule has 2 atom stereocenters. The van der Waals surface area contributed by atoms with Crippen LogP contribution in [0.3, 0.4) is 0 Å². The summed E-state index contributed by atoms with van der Waals surface area (Å²) in [5.74, 6) is 1.73. The van der Waals surface area contributed by atoms with Crippen molar-refractivity contribution in [2.45, 2.75) is 31.9 Å². The third-order valence-electron chi connectivity index (χ3n) is 2.97. The van der Waals surface area contributed by atoms with Crippen LogP contribution < -0.4 is 5.73 Å². The quantitative estimate of drug-likeness (QED) is 0.792. The lowest BCUT2D eigenvalue weighted by atomic mass is 10.0. The number of hydrogen-bond donors (Lipinski definition) is 1. The summed E-state index contributed by atoms with van der Waals surface area (Å²) in [4.78, 5) is 13.9. The molecule has 0 radical (unpaired) electrons. The minimum atomic E-state index is 0.291. The summed E-state index contributed by atoms with van der Waals surface area (Å²) in [6, 6.07) is 0. The van der Waals surface area contributed by atoms with Crippen LogP contribution in [-0.2, 0) is 4.79 Å². The Morgan fingerprint density at radius 1 is 1.67 bits per heavy atom. The van der Waals surface area contributed by atoms with Gasteiger partial charge in [-0.3, -0.25) is 4.79 Å². The van der Waals surface area contributed by atoms with Crippen molar-refractivity contribution in [1.29, 1.82) is 0 Å². The molecule has 0 bridgehead atoms. The Morgan fingerprint density at radius 3 is 2.93 bits per heavy atom. The van der Waals surface area contributed by atoms with Crippen LogP contribution in [0.2, 0.25) is 0 Å². The lowest BCUT2D eigenvalue weighted by Gasteiger charge is -2.31. The maximum atomic E-state index is 11.9. The highest BCUT2D eigenvalue weighted by Crippen LogP contribution is 2.19. The molecule has 15 heavy (non-hydrogen) atoms. The second-order valence-electron chi connectivity index (χ2n) is 4.24. The van der Waals surface area contributed by atoms with Gasteiger partial charge in [-0.2, -0.15) is 11.8 Å². The fourth-order valence-corrected chi connectivity index (χ4v) is 2.83. The van der Waals surface area contributed by atoms with Crippen LogP contribution in [0.15, 0.2) is 0 Å². The molecule has 3 nitrogen and oxygen atoms in total. The van der Waals surface area contributed by atoms with Crippen molar-refractivity contribution in [3.63, 3.8) is 0 Å². The smallest absolute Gasteiger partial charge is 0.222 e. The molecule has 1 fully saturated rings. The summed E-state index contributed by atoms with van der Waals surface area (Å²) in [5, 5.41) is 0.584. The Kier molecular flexibility index (Phi) is 5.47. The molecule has 1 saturated heterocycles. The number of hydrogen-bond acceptors (Lipinski definition) is 3. The Labute approximate surface area is 96.8 Å². The van der Waals surface area contributed by atoms with Crippen LogP contribution >= 0.6 is 11.8 Å². The van der Waals surface area contributed by atoms with Crippen LogP contribution in [-0.4, -0.2) is 41.4 Å². The summed E-state index contributed by atoms with van der Waals surface area (Å²) in [5.41, 5.74) is 5.61. The molecule has 0 aliphatic carbocycles. The number of carbonyl (C=O) groups excluding carboxylic acids is 1. The molecule has 2 unspecified atom stereocenters. The summed E-state index contributed by atoms with van der Waals surface area (Å²) >= 11 is 1.95. The van der Waals surface area contributed by atoms with Crippen molar-refractivity contribution < 1.29 is 4.79 Å². The minimum Gasteiger partial charge on any atom is -0.341 e. The van der Waals surface area contributed by atoms with Crippen LogP contribution in [0.5, 0.6) is 0 Å². The van der Waals surface area contributed by atoms with E-state index in [0.29, 0.717) is 30.0 Å². The topological polar surface area (TPSA) is 46.3 Å². The molecule has 1 heterocycles. The summed E-state index contributed by atoms with van der Waals surface area (Å²) in [7, 11) is 0. The van der Waals surface area contributed by atoms with E-state index in [4.69, 9.17) is 5.73 Å². The van der Waals surface area contributed by atoms with Crippen molar-refractivity contribution in [2.24, 2.45) is 11.7 Å². The van der Waals surface area contributed by atoms with E-state index in [9.17, 15) is 4.79 Å². The largest absolute Gasteiger partial charge is 0.341 e. The molecule has 1 rings (SSSR count). The summed E-state index contributed by atoms with van der Waals surface area (Å²) in [6.45, 7) is 6.73. The van der Waals surface area contributed by atoms with E-state index >= 15 is 0 Å². The molecule has 1 aliphatic heterocycles. The lowest BCUT2D eigenvalue weighted by molar-refractivity contribution is -0.132. The molecule has 88 valence electrons. The van der Waals surface area contributed by atoms with Crippen LogP contribution in [0.25, 0.3) is 0 Å². The zero-order valence-electron chi connectivity index (χ0n) is 9.74. The van der Waals surface area contributed by atoms with Gasteiger partial charge in [-0.05, 0) is 12.5 Å². The van der Waals surface area contributed by atoms with Crippen molar-refractivity contribution in [3.8, 4) is 0 Å². The Bertz CT molecular complexity index is 207. The van der Waals surface area contributed by atoms with Gasteiger partial charge in [-0.25, -0.2) is 0 Å². The maximum Gasteiger partial charge on any atom is 0.222 e. The van der Waals surface area contributed by atoms with Crippen molar-refractivity contribution in [3.05, 3.63) is 0 Å². The first-order valence-electron chi connectivity index (χ1n) is 5.76. The van der Waals surface area contributed by atoms with Gasteiger partial charge >= 0.3 is 0 Å². The highest BCUT2D eigenvalue weighted by Gasteiger charge is 2.22. The monoisotopic (exact) mass is 230 g/mol. The standard InChI is InChI=1S/C11H22N2OS/c1-3-10(7-12)6-11(14)13-4-5-15-9(2)8-13/h9-10H,3-8,12H2,1-2H3. The van der Waals surface area contributed by atoms with Crippen molar-refractivity contribution in [2.75, 3.05) is 25.4 Å². The van der Waals surface area contributed by atoms with Gasteiger partial charge in [-0.15, -0.1) is 0 Å². The number of nitrogens with two attached hydrogens (primary N) is 1. The van der Waals surface area contributed by atoms with Gasteiger partial charge in [0, 0.05) is 30.5 Å². The van der Waals surface area contributed by atoms with Gasteiger partial charge in [-0.1, -0.05) is 20.3 Å². The number of carbonyl (C=O) groups is 1. The minimum absolute atomic E-state index is 0.291. The Morgan fingerprint density at radius 2 is 2.40 bits per heavy atom. The van der Waals surface area contributed by atoms with Gasteiger partial charge in [0.15, 0.2) is 0 Å². The second kappa shape index (κ2) is 6.38. The van der Waals surface area contributed by atoms with Gasteiger partial charge in [0.2, 0.25) is 5.91 Å². The van der Waals surface area contributed by atoms with Crippen LogP contribution in [0.1, 0.15) is 26.7 Å². The first kappa shape index (κ1) is 12.8. The van der Waals surface area contributed by atoms with E-state index in [1.165, 1.54) is 0 Å². The number of thioether (sulfide) groups is 1. The Balaban J connectivity index is 2.38. The number of amides is 1. The normalized spacial score (nSPS) is 23.9. The predicted octanol–water partition coefficient (Wildman–Crippen LogP) is 1.33. The second-order valence-corrected chi connectivity index (χ2v) is 5.78. The number of nitrogens with zero attached hydrogens (tertiary/aromatic N) is 1. The van der Waals surface area contributed by atoms with Gasteiger partial charge in [0.25, 0.3) is 0 Å². The average Bonchev–Trinajstić information content (AvgIpc) is 2.25. The van der Waals surface area contributed by atoms with E-state index in [1.807, 2.05) is 16.7 Å². The maximum absolute atomic E-state index is 11.9. The predicted molar refractivity (Wildman–Crippen MR) is 66.0 cm³/mol. The fourth-order valence-electron chi connectivity index (χ4n) is 1.82. The average molecular weight is 230 g/mol. The third kappa shape index (κ3) is 4.03. The van der Waals surface area contributed by atoms with E-state index < -0.39 is 0 Å². The van der Waals surface area contributed by atoms with E-state index in [-0.39, 0.29) is 0 Å². The van der Waals surface area contributed by atoms with Gasteiger partial charge in [0.1, 0.15) is 0 Å². The zero-order chi connectivity index (χ0) is 11.3. The SMILES string of the molecule is CCC(CN)CC(=O)N1CCSC(C)C1. The van der Waals surface area contributed by atoms with E-state index in [1.54, 1.807) is 0 Å². The van der Waals surface area contributed by atoms with Gasteiger partial charge in [0.05, 0.1) is 0 Å². The molecular weight excluding hydrogens is 208 g/mol. The molecule has 0 aromatic heterocycles. The number of rotatable bonds is 4. The molecule has 0 aromatic rings. The summed E-state index contributed by atoms with van der Waals surface area (Å²) in [6.07, 6.45) is 1.63. The van der Waals surface area contributed by atoms with Crippen molar-refractivity contribution in [1.82, 2.24) is 4.90 Å². The van der Waals surface area contributed by atoms with E-state index in [2.05, 4.69) is 13.8 Å². The van der Waals surface area contributed by atoms with Crippen LogP contribution in [0.4, 0.5) is 0 Å².